The van der Waals surface area contributed by atoms with Gasteiger partial charge in [0.15, 0.2) is 0 Å². The molecule has 0 aliphatic heterocycles. The number of oxime groups is 2. The highest BCUT2D eigenvalue weighted by Gasteiger charge is 2.54. The van der Waals surface area contributed by atoms with Crippen LogP contribution in [0.25, 0.3) is 0 Å². The Labute approximate surface area is 148 Å². The third kappa shape index (κ3) is 2.43. The minimum Gasteiger partial charge on any atom is -0.508 e. The molecule has 4 unspecified atom stereocenters. The predicted molar refractivity (Wildman–Crippen MR) is 97.0 cm³/mol. The van der Waals surface area contributed by atoms with Gasteiger partial charge in [0.25, 0.3) is 0 Å². The summed E-state index contributed by atoms with van der Waals surface area (Å²) in [6.45, 7) is 2.36. The van der Waals surface area contributed by atoms with E-state index in [9.17, 15) is 5.11 Å². The van der Waals surface area contributed by atoms with E-state index < -0.39 is 0 Å². The summed E-state index contributed by atoms with van der Waals surface area (Å²) >= 11 is 0. The number of hydrogen-bond acceptors (Lipinski definition) is 5. The zero-order valence-corrected chi connectivity index (χ0v) is 15.2. The van der Waals surface area contributed by atoms with Gasteiger partial charge in [-0.3, -0.25) is 0 Å². The molecule has 134 valence electrons. The molecule has 0 aromatic heterocycles. The van der Waals surface area contributed by atoms with Crippen LogP contribution in [0.3, 0.4) is 0 Å². The van der Waals surface area contributed by atoms with Crippen LogP contribution >= 0.6 is 0 Å². The summed E-state index contributed by atoms with van der Waals surface area (Å²) in [5.74, 6) is 1.93. The van der Waals surface area contributed by atoms with Crippen LogP contribution in [0.15, 0.2) is 28.5 Å². The van der Waals surface area contributed by atoms with Gasteiger partial charge in [-0.25, -0.2) is 0 Å². The smallest absolute Gasteiger partial charge is 0.116 e. The molecule has 2 fully saturated rings. The quantitative estimate of drug-likeness (QED) is 0.825. The molecule has 1 N–H and O–H groups in total. The van der Waals surface area contributed by atoms with E-state index in [1.807, 2.05) is 6.07 Å². The lowest BCUT2D eigenvalue weighted by Crippen LogP contribution is -2.43. The van der Waals surface area contributed by atoms with Crippen molar-refractivity contribution in [2.24, 2.45) is 27.6 Å². The number of benzene rings is 1. The van der Waals surface area contributed by atoms with Crippen molar-refractivity contribution < 1.29 is 14.8 Å². The molecule has 5 nitrogen and oxygen atoms in total. The van der Waals surface area contributed by atoms with Gasteiger partial charge in [0.2, 0.25) is 0 Å². The van der Waals surface area contributed by atoms with Gasteiger partial charge in [-0.15, -0.1) is 0 Å². The Bertz CT molecular complexity index is 742. The van der Waals surface area contributed by atoms with Crippen LogP contribution in [0.2, 0.25) is 0 Å². The monoisotopic (exact) mass is 342 g/mol. The lowest BCUT2D eigenvalue weighted by molar-refractivity contribution is 0.105. The standard InChI is InChI=1S/C20H26N2O3/c1-20-9-8-14-13-5-4-12(23)10-16(13)18(21-24-2)11-15(14)17(20)6-7-19(20)22-25-3/h4-5,10,14-15,17,23H,6-9,11H2,1-3H3/b21-18+,22-19+. The zero-order valence-electron chi connectivity index (χ0n) is 15.2. The Morgan fingerprint density at radius 1 is 1.16 bits per heavy atom. The first-order valence-corrected chi connectivity index (χ1v) is 9.12. The van der Waals surface area contributed by atoms with Crippen molar-refractivity contribution in [2.75, 3.05) is 14.2 Å². The van der Waals surface area contributed by atoms with Crippen molar-refractivity contribution >= 4 is 11.4 Å². The van der Waals surface area contributed by atoms with Crippen LogP contribution in [-0.4, -0.2) is 30.7 Å². The molecule has 3 aliphatic rings. The Hall–Kier alpha value is -2.04. The lowest BCUT2D eigenvalue weighted by Gasteiger charge is -2.48. The fourth-order valence-corrected chi connectivity index (χ4v) is 5.65. The van der Waals surface area contributed by atoms with Crippen LogP contribution in [0.5, 0.6) is 5.75 Å². The van der Waals surface area contributed by atoms with E-state index in [0.717, 1.165) is 43.4 Å². The van der Waals surface area contributed by atoms with E-state index in [-0.39, 0.29) is 11.2 Å². The summed E-state index contributed by atoms with van der Waals surface area (Å²) in [6, 6.07) is 5.71. The first kappa shape index (κ1) is 16.4. The summed E-state index contributed by atoms with van der Waals surface area (Å²) < 4.78 is 0. The molecule has 5 heteroatoms. The third-order valence-corrected chi connectivity index (χ3v) is 6.76. The molecule has 1 aromatic rings. The van der Waals surface area contributed by atoms with Gasteiger partial charge in [0.1, 0.15) is 20.0 Å². The molecule has 25 heavy (non-hydrogen) atoms. The minimum atomic E-state index is 0.129. The Morgan fingerprint density at radius 3 is 2.72 bits per heavy atom. The highest BCUT2D eigenvalue weighted by atomic mass is 16.6. The first-order chi connectivity index (χ1) is 12.1. The van der Waals surface area contributed by atoms with Crippen LogP contribution < -0.4 is 0 Å². The number of hydrogen-bond donors (Lipinski definition) is 1. The van der Waals surface area contributed by atoms with Crippen molar-refractivity contribution in [3.05, 3.63) is 29.3 Å². The van der Waals surface area contributed by atoms with E-state index in [1.165, 1.54) is 11.3 Å². The van der Waals surface area contributed by atoms with E-state index in [0.29, 0.717) is 17.8 Å². The van der Waals surface area contributed by atoms with Gasteiger partial charge in [-0.2, -0.15) is 0 Å². The molecule has 4 atom stereocenters. The number of phenolic OH excluding ortho intramolecular Hbond substituents is 1. The summed E-state index contributed by atoms with van der Waals surface area (Å²) in [4.78, 5) is 10.2. The van der Waals surface area contributed by atoms with Gasteiger partial charge in [0.05, 0.1) is 11.4 Å². The number of nitrogens with zero attached hydrogens (tertiary/aromatic N) is 2. The molecular formula is C20H26N2O3. The summed E-state index contributed by atoms with van der Waals surface area (Å²) in [5, 5.41) is 18.6. The number of rotatable bonds is 2. The Kier molecular flexibility index (Phi) is 3.97. The number of aromatic hydroxyl groups is 1. The normalized spacial score (nSPS) is 36.7. The van der Waals surface area contributed by atoms with Gasteiger partial charge in [-0.05, 0) is 67.6 Å². The first-order valence-electron chi connectivity index (χ1n) is 9.12. The highest BCUT2D eigenvalue weighted by molar-refractivity contribution is 6.03. The molecule has 0 radical (unpaired) electrons. The largest absolute Gasteiger partial charge is 0.508 e. The van der Waals surface area contributed by atoms with Gasteiger partial charge >= 0.3 is 0 Å². The molecule has 0 heterocycles. The second-order valence-electron chi connectivity index (χ2n) is 7.79. The summed E-state index contributed by atoms with van der Waals surface area (Å²) in [7, 11) is 3.23. The molecule has 2 saturated carbocycles. The maximum absolute atomic E-state index is 9.93. The van der Waals surface area contributed by atoms with E-state index in [4.69, 9.17) is 9.68 Å². The van der Waals surface area contributed by atoms with Gasteiger partial charge in [-0.1, -0.05) is 23.3 Å². The molecule has 0 spiro atoms. The zero-order chi connectivity index (χ0) is 17.6. The molecule has 3 aliphatic carbocycles. The van der Waals surface area contributed by atoms with Crippen molar-refractivity contribution in [3.8, 4) is 5.75 Å². The number of fused-ring (bicyclic) bond motifs is 5. The van der Waals surface area contributed by atoms with Gasteiger partial charge < -0.3 is 14.8 Å². The average Bonchev–Trinajstić information content (AvgIpc) is 2.93. The fourth-order valence-electron chi connectivity index (χ4n) is 5.65. The Balaban J connectivity index is 1.77. The molecular weight excluding hydrogens is 316 g/mol. The van der Waals surface area contributed by atoms with E-state index in [1.54, 1.807) is 20.3 Å². The topological polar surface area (TPSA) is 63.4 Å². The van der Waals surface area contributed by atoms with Crippen molar-refractivity contribution in [1.29, 1.82) is 0 Å². The van der Waals surface area contributed by atoms with Gasteiger partial charge in [0, 0.05) is 11.0 Å². The lowest BCUT2D eigenvalue weighted by atomic mass is 9.55. The maximum Gasteiger partial charge on any atom is 0.116 e. The van der Waals surface area contributed by atoms with Crippen LogP contribution in [0, 0.1) is 17.3 Å². The summed E-state index contributed by atoms with van der Waals surface area (Å²) in [6.07, 6.45) is 5.36. The second kappa shape index (κ2) is 6.04. The Morgan fingerprint density at radius 2 is 1.96 bits per heavy atom. The predicted octanol–water partition coefficient (Wildman–Crippen LogP) is 4.06. The fraction of sp³-hybridized carbons (Fsp3) is 0.600. The van der Waals surface area contributed by atoms with E-state index >= 15 is 0 Å². The number of phenols is 1. The maximum atomic E-state index is 9.93. The summed E-state index contributed by atoms with van der Waals surface area (Å²) in [5.41, 5.74) is 4.67. The molecule has 0 saturated heterocycles. The van der Waals surface area contributed by atoms with Crippen molar-refractivity contribution in [1.82, 2.24) is 0 Å². The van der Waals surface area contributed by atoms with Crippen molar-refractivity contribution in [3.63, 3.8) is 0 Å². The molecule has 0 bridgehead atoms. The minimum absolute atomic E-state index is 0.129. The van der Waals surface area contributed by atoms with Crippen LogP contribution in [-0.2, 0) is 9.68 Å². The second-order valence-corrected chi connectivity index (χ2v) is 7.79. The molecule has 4 rings (SSSR count). The van der Waals surface area contributed by atoms with Crippen molar-refractivity contribution in [2.45, 2.75) is 44.9 Å². The van der Waals surface area contributed by atoms with Crippen LogP contribution in [0.1, 0.15) is 56.1 Å². The highest BCUT2D eigenvalue weighted by Crippen LogP contribution is 2.60. The third-order valence-electron chi connectivity index (χ3n) is 6.76. The molecule has 1 aromatic carbocycles. The van der Waals surface area contributed by atoms with Crippen LogP contribution in [0.4, 0.5) is 0 Å². The SMILES string of the molecule is CO/N=C1\CC2C(CCC3(C)/C(=N/OC)CCC23)c2ccc(O)cc21. The average molecular weight is 342 g/mol. The molecule has 0 amide bonds. The van der Waals surface area contributed by atoms with E-state index in [2.05, 4.69) is 23.3 Å².